The van der Waals surface area contributed by atoms with Crippen LogP contribution >= 0.6 is 0 Å². The third kappa shape index (κ3) is 4.55. The SMILES string of the molecule is O=S(=O)(Nc1ccccc1-c1nc(-c2ccccc2)nc(-c2ccccc2)n1)c1ccccc1. The normalized spacial score (nSPS) is 11.2. The quantitative estimate of drug-likeness (QED) is 0.350. The van der Waals surface area contributed by atoms with E-state index in [4.69, 9.17) is 15.0 Å². The van der Waals surface area contributed by atoms with Crippen molar-refractivity contribution in [3.63, 3.8) is 0 Å². The third-order valence-electron chi connectivity index (χ3n) is 5.17. The van der Waals surface area contributed by atoms with Gasteiger partial charge in [-0.3, -0.25) is 4.72 Å². The molecule has 0 unspecified atom stereocenters. The fourth-order valence-corrected chi connectivity index (χ4v) is 4.60. The van der Waals surface area contributed by atoms with Crippen LogP contribution in [0.15, 0.2) is 120 Å². The molecule has 0 radical (unpaired) electrons. The molecular formula is C27H20N4O2S. The molecule has 166 valence electrons. The maximum Gasteiger partial charge on any atom is 0.261 e. The maximum absolute atomic E-state index is 13.0. The summed E-state index contributed by atoms with van der Waals surface area (Å²) >= 11 is 0. The van der Waals surface area contributed by atoms with Crippen LogP contribution in [0.25, 0.3) is 34.2 Å². The average molecular weight is 465 g/mol. The van der Waals surface area contributed by atoms with E-state index in [1.165, 1.54) is 0 Å². The first-order valence-electron chi connectivity index (χ1n) is 10.6. The van der Waals surface area contributed by atoms with E-state index in [2.05, 4.69) is 4.72 Å². The Bertz CT molecular complexity index is 1470. The van der Waals surface area contributed by atoms with E-state index in [9.17, 15) is 8.42 Å². The summed E-state index contributed by atoms with van der Waals surface area (Å²) in [4.78, 5) is 14.3. The van der Waals surface area contributed by atoms with E-state index < -0.39 is 10.0 Å². The number of hydrogen-bond donors (Lipinski definition) is 1. The number of para-hydroxylation sites is 1. The van der Waals surface area contributed by atoms with E-state index >= 15 is 0 Å². The van der Waals surface area contributed by atoms with Crippen molar-refractivity contribution < 1.29 is 8.42 Å². The minimum atomic E-state index is -3.79. The summed E-state index contributed by atoms with van der Waals surface area (Å²) in [7, 11) is -3.79. The van der Waals surface area contributed by atoms with Crippen LogP contribution in [0.3, 0.4) is 0 Å². The molecule has 34 heavy (non-hydrogen) atoms. The molecular weight excluding hydrogens is 444 g/mol. The molecule has 0 saturated heterocycles. The van der Waals surface area contributed by atoms with E-state index in [-0.39, 0.29) is 4.90 Å². The zero-order valence-corrected chi connectivity index (χ0v) is 18.9. The van der Waals surface area contributed by atoms with Crippen molar-refractivity contribution in [1.29, 1.82) is 0 Å². The summed E-state index contributed by atoms with van der Waals surface area (Å²) in [6.45, 7) is 0. The maximum atomic E-state index is 13.0. The number of anilines is 1. The lowest BCUT2D eigenvalue weighted by Gasteiger charge is -2.13. The molecule has 0 saturated carbocycles. The second-order valence-electron chi connectivity index (χ2n) is 7.50. The molecule has 1 aromatic heterocycles. The van der Waals surface area contributed by atoms with E-state index in [1.54, 1.807) is 48.5 Å². The van der Waals surface area contributed by atoms with Crippen molar-refractivity contribution >= 4 is 15.7 Å². The highest BCUT2D eigenvalue weighted by Crippen LogP contribution is 2.30. The number of nitrogens with one attached hydrogen (secondary N) is 1. The van der Waals surface area contributed by atoms with Gasteiger partial charge in [-0.25, -0.2) is 23.4 Å². The first-order valence-corrected chi connectivity index (χ1v) is 12.1. The van der Waals surface area contributed by atoms with Gasteiger partial charge in [0.05, 0.1) is 10.6 Å². The Morgan fingerprint density at radius 2 is 0.941 bits per heavy atom. The van der Waals surface area contributed by atoms with Crippen molar-refractivity contribution in [2.75, 3.05) is 4.72 Å². The number of aromatic nitrogens is 3. The van der Waals surface area contributed by atoms with Crippen LogP contribution in [0.2, 0.25) is 0 Å². The van der Waals surface area contributed by atoms with Gasteiger partial charge in [-0.15, -0.1) is 0 Å². The van der Waals surface area contributed by atoms with Gasteiger partial charge in [-0.1, -0.05) is 91.0 Å². The van der Waals surface area contributed by atoms with E-state index in [1.807, 2.05) is 66.7 Å². The van der Waals surface area contributed by atoms with Gasteiger partial charge in [0.15, 0.2) is 17.5 Å². The van der Waals surface area contributed by atoms with Crippen molar-refractivity contribution in [3.8, 4) is 34.2 Å². The summed E-state index contributed by atoms with van der Waals surface area (Å²) in [5, 5.41) is 0. The summed E-state index contributed by atoms with van der Waals surface area (Å²) in [5.41, 5.74) is 2.62. The van der Waals surface area contributed by atoms with Crippen molar-refractivity contribution in [1.82, 2.24) is 15.0 Å². The molecule has 0 atom stereocenters. The molecule has 0 fully saturated rings. The summed E-state index contributed by atoms with van der Waals surface area (Å²) in [6.07, 6.45) is 0. The van der Waals surface area contributed by atoms with Crippen LogP contribution in [0.4, 0.5) is 5.69 Å². The van der Waals surface area contributed by atoms with Gasteiger partial charge < -0.3 is 0 Å². The van der Waals surface area contributed by atoms with Crippen LogP contribution < -0.4 is 4.72 Å². The third-order valence-corrected chi connectivity index (χ3v) is 6.55. The predicted octanol–water partition coefficient (Wildman–Crippen LogP) is 5.67. The molecule has 0 aliphatic rings. The molecule has 7 heteroatoms. The van der Waals surface area contributed by atoms with Gasteiger partial charge in [0.1, 0.15) is 0 Å². The van der Waals surface area contributed by atoms with Crippen LogP contribution in [0.1, 0.15) is 0 Å². The van der Waals surface area contributed by atoms with Gasteiger partial charge in [-0.2, -0.15) is 0 Å². The van der Waals surface area contributed by atoms with Gasteiger partial charge in [0.25, 0.3) is 10.0 Å². The number of sulfonamides is 1. The summed E-state index contributed by atoms with van der Waals surface area (Å²) < 4.78 is 28.7. The lowest BCUT2D eigenvalue weighted by Crippen LogP contribution is -2.14. The van der Waals surface area contributed by atoms with Gasteiger partial charge >= 0.3 is 0 Å². The summed E-state index contributed by atoms with van der Waals surface area (Å²) in [6, 6.07) is 34.6. The Balaban J connectivity index is 1.65. The first kappa shape index (κ1) is 21.5. The van der Waals surface area contributed by atoms with E-state index in [0.29, 0.717) is 28.7 Å². The molecule has 4 aromatic carbocycles. The largest absolute Gasteiger partial charge is 0.279 e. The Morgan fingerprint density at radius 1 is 0.500 bits per heavy atom. The van der Waals surface area contributed by atoms with Crippen molar-refractivity contribution in [2.24, 2.45) is 0 Å². The zero-order valence-electron chi connectivity index (χ0n) is 18.0. The predicted molar refractivity (Wildman–Crippen MR) is 133 cm³/mol. The fraction of sp³-hybridized carbons (Fsp3) is 0. The number of hydrogen-bond acceptors (Lipinski definition) is 5. The van der Waals surface area contributed by atoms with Crippen LogP contribution in [-0.4, -0.2) is 23.4 Å². The minimum absolute atomic E-state index is 0.176. The Morgan fingerprint density at radius 3 is 1.50 bits per heavy atom. The van der Waals surface area contributed by atoms with Crippen molar-refractivity contribution in [3.05, 3.63) is 115 Å². The van der Waals surface area contributed by atoms with E-state index in [0.717, 1.165) is 11.1 Å². The van der Waals surface area contributed by atoms with Crippen molar-refractivity contribution in [2.45, 2.75) is 4.90 Å². The van der Waals surface area contributed by atoms with Gasteiger partial charge in [0, 0.05) is 16.7 Å². The lowest BCUT2D eigenvalue weighted by molar-refractivity contribution is 0.601. The molecule has 5 aromatic rings. The number of nitrogens with zero attached hydrogens (tertiary/aromatic N) is 3. The van der Waals surface area contributed by atoms with Crippen LogP contribution in [0.5, 0.6) is 0 Å². The highest BCUT2D eigenvalue weighted by molar-refractivity contribution is 7.92. The molecule has 0 spiro atoms. The molecule has 0 aliphatic carbocycles. The second kappa shape index (κ2) is 9.25. The monoisotopic (exact) mass is 464 g/mol. The average Bonchev–Trinajstić information content (AvgIpc) is 2.90. The molecule has 0 aliphatic heterocycles. The topological polar surface area (TPSA) is 84.8 Å². The molecule has 6 nitrogen and oxygen atoms in total. The number of rotatable bonds is 6. The molecule has 1 heterocycles. The summed E-state index contributed by atoms with van der Waals surface area (Å²) in [5.74, 6) is 1.38. The van der Waals surface area contributed by atoms with Crippen LogP contribution in [-0.2, 0) is 10.0 Å². The van der Waals surface area contributed by atoms with Gasteiger partial charge in [-0.05, 0) is 24.3 Å². The second-order valence-corrected chi connectivity index (χ2v) is 9.18. The standard InChI is InChI=1S/C27H20N4O2S/c32-34(33,22-16-8-3-9-17-22)31-24-19-11-10-18-23(24)27-29-25(20-12-4-1-5-13-20)28-26(30-27)21-14-6-2-7-15-21/h1-19,31H. The molecule has 5 rings (SSSR count). The molecule has 0 amide bonds. The smallest absolute Gasteiger partial charge is 0.261 e. The Hall–Kier alpha value is -4.36. The number of benzene rings is 4. The minimum Gasteiger partial charge on any atom is -0.279 e. The highest BCUT2D eigenvalue weighted by Gasteiger charge is 2.19. The molecule has 1 N–H and O–H groups in total. The zero-order chi connectivity index (χ0) is 23.4. The Labute approximate surface area is 198 Å². The first-order chi connectivity index (χ1) is 16.6. The lowest BCUT2D eigenvalue weighted by atomic mass is 10.1. The van der Waals surface area contributed by atoms with Gasteiger partial charge in [0.2, 0.25) is 0 Å². The fourth-order valence-electron chi connectivity index (χ4n) is 3.50. The molecule has 0 bridgehead atoms. The highest BCUT2D eigenvalue weighted by atomic mass is 32.2. The Kier molecular flexibility index (Phi) is 5.84. The van der Waals surface area contributed by atoms with Crippen LogP contribution in [0, 0.1) is 0 Å².